The fourth-order valence-electron chi connectivity index (χ4n) is 1.31. The standard InChI is InChI=1S/C7H15N2/c1-6-5-9(3,4)7(2)8-6/h6H,5H2,1-4H3/q+1. The fraction of sp³-hybridized carbons (Fsp3) is 0.857. The Hall–Kier alpha value is -0.370. The molecule has 0 spiro atoms. The smallest absolute Gasteiger partial charge is 0.195 e. The average Bonchev–Trinajstić information content (AvgIpc) is 1.79. The molecule has 1 atom stereocenters. The van der Waals surface area contributed by atoms with Crippen molar-refractivity contribution in [3.8, 4) is 0 Å². The Bertz CT molecular complexity index is 147. The Morgan fingerprint density at radius 2 is 2.11 bits per heavy atom. The van der Waals surface area contributed by atoms with E-state index in [0.717, 1.165) is 11.0 Å². The van der Waals surface area contributed by atoms with Crippen molar-refractivity contribution in [2.24, 2.45) is 4.99 Å². The summed E-state index contributed by atoms with van der Waals surface area (Å²) in [5.41, 5.74) is 0. The summed E-state index contributed by atoms with van der Waals surface area (Å²) in [5, 5.41) is 0. The highest BCUT2D eigenvalue weighted by atomic mass is 15.4. The number of rotatable bonds is 0. The summed E-state index contributed by atoms with van der Waals surface area (Å²) in [6, 6.07) is 0.528. The molecule has 0 aromatic rings. The second kappa shape index (κ2) is 1.81. The predicted molar refractivity (Wildman–Crippen MR) is 39.5 cm³/mol. The molecule has 0 amide bonds. The lowest BCUT2D eigenvalue weighted by Gasteiger charge is -2.22. The Labute approximate surface area is 56.8 Å². The zero-order chi connectivity index (χ0) is 7.07. The Balaban J connectivity index is 2.76. The maximum absolute atomic E-state index is 4.43. The van der Waals surface area contributed by atoms with E-state index >= 15 is 0 Å². The highest BCUT2D eigenvalue weighted by Gasteiger charge is 2.29. The normalized spacial score (nSPS) is 32.4. The van der Waals surface area contributed by atoms with Gasteiger partial charge in [0.05, 0.1) is 14.1 Å². The molecule has 1 rings (SSSR count). The van der Waals surface area contributed by atoms with Crippen molar-refractivity contribution in [2.45, 2.75) is 19.9 Å². The molecule has 9 heavy (non-hydrogen) atoms. The Morgan fingerprint density at radius 3 is 2.22 bits per heavy atom. The van der Waals surface area contributed by atoms with Crippen LogP contribution in [0.3, 0.4) is 0 Å². The Morgan fingerprint density at radius 1 is 1.56 bits per heavy atom. The van der Waals surface area contributed by atoms with Gasteiger partial charge in [-0.25, -0.2) is 4.99 Å². The highest BCUT2D eigenvalue weighted by molar-refractivity contribution is 5.73. The van der Waals surface area contributed by atoms with E-state index in [1.807, 2.05) is 0 Å². The van der Waals surface area contributed by atoms with E-state index in [2.05, 4.69) is 32.9 Å². The van der Waals surface area contributed by atoms with Crippen LogP contribution in [0.15, 0.2) is 4.99 Å². The molecule has 0 fully saturated rings. The predicted octanol–water partition coefficient (Wildman–Crippen LogP) is 0.883. The molecule has 2 heteroatoms. The lowest BCUT2D eigenvalue weighted by atomic mass is 10.3. The zero-order valence-electron chi connectivity index (χ0n) is 6.68. The molecule has 0 bridgehead atoms. The molecular formula is C7H15N2+. The van der Waals surface area contributed by atoms with Gasteiger partial charge in [0.15, 0.2) is 5.84 Å². The second-order valence-electron chi connectivity index (χ2n) is 3.39. The van der Waals surface area contributed by atoms with Crippen LogP contribution in [0, 0.1) is 0 Å². The van der Waals surface area contributed by atoms with Crippen molar-refractivity contribution < 1.29 is 4.48 Å². The van der Waals surface area contributed by atoms with Crippen LogP contribution in [0.2, 0.25) is 0 Å². The largest absolute Gasteiger partial charge is 0.282 e. The van der Waals surface area contributed by atoms with E-state index in [0.29, 0.717) is 6.04 Å². The van der Waals surface area contributed by atoms with Gasteiger partial charge in [-0.05, 0) is 6.92 Å². The van der Waals surface area contributed by atoms with Crippen molar-refractivity contribution in [3.63, 3.8) is 0 Å². The average molecular weight is 127 g/mol. The van der Waals surface area contributed by atoms with Crippen molar-refractivity contribution in [3.05, 3.63) is 0 Å². The van der Waals surface area contributed by atoms with E-state index in [1.165, 1.54) is 5.84 Å². The van der Waals surface area contributed by atoms with Crippen LogP contribution >= 0.6 is 0 Å². The molecule has 1 aliphatic heterocycles. The molecule has 1 unspecified atom stereocenters. The molecule has 2 nitrogen and oxygen atoms in total. The summed E-state index contributed by atoms with van der Waals surface area (Å²) >= 11 is 0. The molecule has 0 aliphatic carbocycles. The third kappa shape index (κ3) is 1.13. The summed E-state index contributed by atoms with van der Waals surface area (Å²) in [4.78, 5) is 4.43. The van der Waals surface area contributed by atoms with E-state index < -0.39 is 0 Å². The van der Waals surface area contributed by atoms with Gasteiger partial charge in [0.2, 0.25) is 0 Å². The first-order chi connectivity index (χ1) is 4.02. The third-order valence-electron chi connectivity index (χ3n) is 2.00. The van der Waals surface area contributed by atoms with Gasteiger partial charge < -0.3 is 0 Å². The van der Waals surface area contributed by atoms with E-state index in [4.69, 9.17) is 0 Å². The fourth-order valence-corrected chi connectivity index (χ4v) is 1.31. The molecule has 1 heterocycles. The summed E-state index contributed by atoms with van der Waals surface area (Å²) in [5.74, 6) is 1.25. The number of nitrogens with zero attached hydrogens (tertiary/aromatic N) is 2. The van der Waals surface area contributed by atoms with Gasteiger partial charge in [-0.2, -0.15) is 0 Å². The first-order valence-corrected chi connectivity index (χ1v) is 3.40. The zero-order valence-corrected chi connectivity index (χ0v) is 6.68. The maximum atomic E-state index is 4.43. The van der Waals surface area contributed by atoms with Crippen LogP contribution in [0.25, 0.3) is 0 Å². The minimum absolute atomic E-state index is 0.528. The van der Waals surface area contributed by atoms with Crippen molar-refractivity contribution in [1.29, 1.82) is 0 Å². The SMILES string of the molecule is CC1=NC(C)C[N+]1(C)C. The monoisotopic (exact) mass is 127 g/mol. The van der Waals surface area contributed by atoms with Crippen LogP contribution in [-0.2, 0) is 0 Å². The molecular weight excluding hydrogens is 112 g/mol. The van der Waals surface area contributed by atoms with Gasteiger partial charge in [0, 0.05) is 6.92 Å². The number of hydrogen-bond donors (Lipinski definition) is 0. The molecule has 0 radical (unpaired) electrons. The first kappa shape index (κ1) is 6.75. The van der Waals surface area contributed by atoms with Gasteiger partial charge in [-0.3, -0.25) is 4.48 Å². The molecule has 0 aromatic heterocycles. The van der Waals surface area contributed by atoms with Gasteiger partial charge >= 0.3 is 0 Å². The maximum Gasteiger partial charge on any atom is 0.195 e. The van der Waals surface area contributed by atoms with Crippen LogP contribution in [-0.4, -0.2) is 37.0 Å². The lowest BCUT2D eigenvalue weighted by Crippen LogP contribution is -2.42. The van der Waals surface area contributed by atoms with E-state index in [-0.39, 0.29) is 0 Å². The third-order valence-corrected chi connectivity index (χ3v) is 2.00. The molecule has 1 aliphatic rings. The van der Waals surface area contributed by atoms with Gasteiger partial charge in [-0.15, -0.1) is 0 Å². The molecule has 0 saturated heterocycles. The minimum atomic E-state index is 0.528. The second-order valence-corrected chi connectivity index (χ2v) is 3.39. The summed E-state index contributed by atoms with van der Waals surface area (Å²) in [6.07, 6.45) is 0. The van der Waals surface area contributed by atoms with E-state index in [1.54, 1.807) is 0 Å². The van der Waals surface area contributed by atoms with Crippen molar-refractivity contribution in [1.82, 2.24) is 0 Å². The minimum Gasteiger partial charge on any atom is -0.282 e. The topological polar surface area (TPSA) is 12.4 Å². The number of aliphatic imine (C=N–C) groups is 1. The van der Waals surface area contributed by atoms with Crippen LogP contribution in [0.5, 0.6) is 0 Å². The molecule has 0 aromatic carbocycles. The van der Waals surface area contributed by atoms with Gasteiger partial charge in [0.1, 0.15) is 12.6 Å². The summed E-state index contributed by atoms with van der Waals surface area (Å²) in [7, 11) is 4.39. The first-order valence-electron chi connectivity index (χ1n) is 3.40. The Kier molecular flexibility index (Phi) is 1.35. The number of hydrogen-bond acceptors (Lipinski definition) is 1. The highest BCUT2D eigenvalue weighted by Crippen LogP contribution is 2.12. The van der Waals surface area contributed by atoms with Crippen LogP contribution < -0.4 is 0 Å². The van der Waals surface area contributed by atoms with Crippen LogP contribution in [0.1, 0.15) is 13.8 Å². The number of amidine groups is 1. The number of quaternary nitrogens is 1. The summed E-state index contributed by atoms with van der Waals surface area (Å²) < 4.78 is 0.973. The molecule has 52 valence electrons. The van der Waals surface area contributed by atoms with Crippen molar-refractivity contribution >= 4 is 5.84 Å². The van der Waals surface area contributed by atoms with Gasteiger partial charge in [-0.1, -0.05) is 0 Å². The van der Waals surface area contributed by atoms with E-state index in [9.17, 15) is 0 Å². The molecule has 0 N–H and O–H groups in total. The summed E-state index contributed by atoms with van der Waals surface area (Å²) in [6.45, 7) is 5.42. The number of likely N-dealkylation sites (N-methyl/N-ethyl adjacent to an activating group) is 1. The van der Waals surface area contributed by atoms with Crippen LogP contribution in [0.4, 0.5) is 0 Å². The van der Waals surface area contributed by atoms with Crippen molar-refractivity contribution in [2.75, 3.05) is 20.6 Å². The lowest BCUT2D eigenvalue weighted by molar-refractivity contribution is -0.794. The van der Waals surface area contributed by atoms with Gasteiger partial charge in [0.25, 0.3) is 0 Å². The molecule has 0 saturated carbocycles. The quantitative estimate of drug-likeness (QED) is 0.428.